The molecule has 3 aliphatic rings. The smallest absolute Gasteiger partial charge is 0.230 e. The Morgan fingerprint density at radius 2 is 1.67 bits per heavy atom. The number of ketones is 2. The highest BCUT2D eigenvalue weighted by Gasteiger charge is 2.47. The Bertz CT molecular complexity index is 1020. The highest BCUT2D eigenvalue weighted by atomic mass is 16.1. The maximum atomic E-state index is 13.0. The summed E-state index contributed by atoms with van der Waals surface area (Å²) >= 11 is 0. The summed E-state index contributed by atoms with van der Waals surface area (Å²) < 4.78 is 2.24. The molecule has 1 N–H and O–H groups in total. The van der Waals surface area contributed by atoms with E-state index in [2.05, 4.69) is 38.8 Å². The first-order valence-corrected chi connectivity index (χ1v) is 13.9. The van der Waals surface area contributed by atoms with Crippen LogP contribution in [0.15, 0.2) is 48.0 Å². The van der Waals surface area contributed by atoms with Gasteiger partial charge in [0.15, 0.2) is 0 Å². The molecule has 194 valence electrons. The van der Waals surface area contributed by atoms with Crippen molar-refractivity contribution in [2.75, 3.05) is 4.90 Å². The van der Waals surface area contributed by atoms with Gasteiger partial charge in [-0.3, -0.25) is 19.9 Å². The van der Waals surface area contributed by atoms with Gasteiger partial charge in [-0.25, -0.2) is 4.98 Å². The van der Waals surface area contributed by atoms with Gasteiger partial charge in [0.05, 0.1) is 12.5 Å². The van der Waals surface area contributed by atoms with Crippen molar-refractivity contribution in [3.05, 3.63) is 48.4 Å². The summed E-state index contributed by atoms with van der Waals surface area (Å²) in [5, 5.41) is 4.43. The Labute approximate surface area is 215 Å². The van der Waals surface area contributed by atoms with Gasteiger partial charge in [0.2, 0.25) is 11.6 Å². The molecule has 2 aliphatic heterocycles. The van der Waals surface area contributed by atoms with Gasteiger partial charge in [0.25, 0.3) is 0 Å². The van der Waals surface area contributed by atoms with Gasteiger partial charge in [-0.2, -0.15) is 5.10 Å². The number of hydrogen-bond acceptors (Lipinski definition) is 6. The van der Waals surface area contributed by atoms with E-state index in [4.69, 9.17) is 0 Å². The van der Waals surface area contributed by atoms with Crippen molar-refractivity contribution in [3.63, 3.8) is 0 Å². The largest absolute Gasteiger partial charge is 0.314 e. The average Bonchev–Trinajstić information content (AvgIpc) is 3.57. The Balaban J connectivity index is 0.000000218. The van der Waals surface area contributed by atoms with Crippen molar-refractivity contribution in [2.45, 2.75) is 103 Å². The van der Waals surface area contributed by atoms with Crippen LogP contribution in [0.25, 0.3) is 0 Å². The van der Waals surface area contributed by atoms with Gasteiger partial charge in [0.1, 0.15) is 17.8 Å². The van der Waals surface area contributed by atoms with Crippen LogP contribution in [0.5, 0.6) is 0 Å². The molecule has 3 unspecified atom stereocenters. The molecule has 0 amide bonds. The minimum atomic E-state index is -0.0485. The molecule has 36 heavy (non-hydrogen) atoms. The molecule has 1 aliphatic carbocycles. The van der Waals surface area contributed by atoms with E-state index in [9.17, 15) is 9.59 Å². The third kappa shape index (κ3) is 5.88. The number of unbranched alkanes of at least 4 members (excludes halogenated alkanes) is 4. The van der Waals surface area contributed by atoms with Gasteiger partial charge in [0, 0.05) is 30.4 Å². The molecule has 5 rings (SSSR count). The summed E-state index contributed by atoms with van der Waals surface area (Å²) in [5.74, 6) is 2.31. The van der Waals surface area contributed by atoms with Gasteiger partial charge in [-0.05, 0) is 25.7 Å². The van der Waals surface area contributed by atoms with Crippen LogP contribution in [-0.4, -0.2) is 33.1 Å². The van der Waals surface area contributed by atoms with Crippen molar-refractivity contribution >= 4 is 23.2 Å². The number of hydrogen-bond donors (Lipinski definition) is 1. The first-order valence-electron chi connectivity index (χ1n) is 13.9. The fourth-order valence-corrected chi connectivity index (χ4v) is 5.65. The number of hydrazone groups is 1. The molecular formula is C29H41N5O2. The summed E-state index contributed by atoms with van der Waals surface area (Å²) in [7, 11) is 0. The lowest BCUT2D eigenvalue weighted by Gasteiger charge is -2.45. The molecule has 1 aromatic heterocycles. The van der Waals surface area contributed by atoms with Gasteiger partial charge >= 0.3 is 0 Å². The number of carbonyl (C=O) groups excluding carboxylic acids is 2. The molecule has 1 saturated carbocycles. The molecule has 0 bridgehead atoms. The third-order valence-corrected chi connectivity index (χ3v) is 7.60. The van der Waals surface area contributed by atoms with E-state index in [1.165, 1.54) is 44.9 Å². The third-order valence-electron chi connectivity index (χ3n) is 7.60. The first kappa shape index (κ1) is 26.1. The van der Waals surface area contributed by atoms with Crippen LogP contribution in [0.4, 0.5) is 5.82 Å². The number of benzene rings is 1. The number of nitrogens with zero attached hydrogens (tertiary/aromatic N) is 4. The minimum Gasteiger partial charge on any atom is -0.314 e. The summed E-state index contributed by atoms with van der Waals surface area (Å²) in [4.78, 5) is 30.5. The monoisotopic (exact) mass is 491 g/mol. The fraction of sp³-hybridized carbons (Fsp3) is 0.586. The Hall–Kier alpha value is -2.96. The Morgan fingerprint density at radius 1 is 0.972 bits per heavy atom. The van der Waals surface area contributed by atoms with Crippen LogP contribution >= 0.6 is 0 Å². The molecule has 7 heteroatoms. The van der Waals surface area contributed by atoms with Crippen molar-refractivity contribution in [3.8, 4) is 0 Å². The zero-order valence-corrected chi connectivity index (χ0v) is 21.9. The molecule has 1 aromatic carbocycles. The number of rotatable bonds is 10. The molecular weight excluding hydrogens is 450 g/mol. The Morgan fingerprint density at radius 3 is 2.36 bits per heavy atom. The van der Waals surface area contributed by atoms with E-state index in [-0.39, 0.29) is 11.9 Å². The van der Waals surface area contributed by atoms with Crippen molar-refractivity contribution in [1.82, 2.24) is 15.0 Å². The molecule has 7 nitrogen and oxygen atoms in total. The summed E-state index contributed by atoms with van der Waals surface area (Å²) in [6.45, 7) is 4.34. The zero-order valence-electron chi connectivity index (χ0n) is 21.9. The quantitative estimate of drug-likeness (QED) is 0.313. The van der Waals surface area contributed by atoms with Crippen LogP contribution < -0.4 is 10.3 Å². The number of fused-ring (bicyclic) bond motifs is 6. The number of imidazole rings is 1. The van der Waals surface area contributed by atoms with Gasteiger partial charge < -0.3 is 4.57 Å². The highest BCUT2D eigenvalue weighted by molar-refractivity contribution is 6.49. The second-order valence-electron chi connectivity index (χ2n) is 10.2. The molecule has 1 fully saturated rings. The number of aromatic nitrogens is 2. The zero-order chi connectivity index (χ0) is 25.3. The average molecular weight is 492 g/mol. The maximum Gasteiger partial charge on any atom is 0.230 e. The van der Waals surface area contributed by atoms with Gasteiger partial charge in [-0.1, -0.05) is 82.7 Å². The van der Waals surface area contributed by atoms with Crippen LogP contribution in [-0.2, 0) is 4.79 Å². The van der Waals surface area contributed by atoms with Gasteiger partial charge in [-0.15, -0.1) is 0 Å². The molecule has 0 spiro atoms. The summed E-state index contributed by atoms with van der Waals surface area (Å²) in [6, 6.07) is 9.80. The SMILES string of the molecule is CCCCCC(=O)CCCCC.O=C(C1=NNC2C3CCCCC3n3cncc3N12)c1ccccc1. The molecule has 0 radical (unpaired) electrons. The van der Waals surface area contributed by atoms with Crippen molar-refractivity contribution in [1.29, 1.82) is 0 Å². The standard InChI is InChI=1S/C18H19N5O.C11H22O/c24-16(12-6-2-1-3-7-12)18-21-20-17-13-8-4-5-9-14(13)22-11-19-10-15(22)23(17)18;1-3-5-7-9-11(12)10-8-6-4-2/h1-3,6-7,10-11,13-14,17,20H,4-5,8-9H2;3-10H2,1-2H3. The summed E-state index contributed by atoms with van der Waals surface area (Å²) in [5.41, 5.74) is 3.90. The maximum absolute atomic E-state index is 13.0. The second kappa shape index (κ2) is 12.8. The molecule has 0 saturated heterocycles. The van der Waals surface area contributed by atoms with E-state index < -0.39 is 0 Å². The number of anilines is 1. The van der Waals surface area contributed by atoms with E-state index >= 15 is 0 Å². The fourth-order valence-electron chi connectivity index (χ4n) is 5.65. The normalized spacial score (nSPS) is 21.8. The van der Waals surface area contributed by atoms with Crippen molar-refractivity contribution in [2.24, 2.45) is 11.0 Å². The topological polar surface area (TPSA) is 79.6 Å². The lowest BCUT2D eigenvalue weighted by atomic mass is 9.80. The van der Waals surface area contributed by atoms with E-state index in [1.54, 1.807) is 0 Å². The van der Waals surface area contributed by atoms with E-state index in [0.29, 0.717) is 29.1 Å². The molecule has 2 aromatic rings. The predicted molar refractivity (Wildman–Crippen MR) is 144 cm³/mol. The van der Waals surface area contributed by atoms with Crippen LogP contribution in [0, 0.1) is 5.92 Å². The number of Topliss-reactive ketones (excluding diaryl/α,β-unsaturated/α-hetero) is 2. The lowest BCUT2D eigenvalue weighted by molar-refractivity contribution is -0.119. The van der Waals surface area contributed by atoms with Crippen LogP contribution in [0.2, 0.25) is 0 Å². The Kier molecular flexibility index (Phi) is 9.31. The number of nitrogens with one attached hydrogen (secondary N) is 1. The molecule has 3 atom stereocenters. The highest BCUT2D eigenvalue weighted by Crippen LogP contribution is 2.45. The van der Waals surface area contributed by atoms with Crippen LogP contribution in [0.1, 0.15) is 107 Å². The van der Waals surface area contributed by atoms with E-state index in [0.717, 1.165) is 37.9 Å². The first-order chi connectivity index (χ1) is 17.7. The lowest BCUT2D eigenvalue weighted by Crippen LogP contribution is -2.54. The van der Waals surface area contributed by atoms with Crippen molar-refractivity contribution < 1.29 is 9.59 Å². The summed E-state index contributed by atoms with van der Waals surface area (Å²) in [6.07, 6.45) is 17.3. The van der Waals surface area contributed by atoms with E-state index in [1.807, 2.05) is 42.9 Å². The number of carbonyl (C=O) groups is 2. The molecule has 3 heterocycles. The predicted octanol–water partition coefficient (Wildman–Crippen LogP) is 6.28. The second-order valence-corrected chi connectivity index (χ2v) is 10.2. The van der Waals surface area contributed by atoms with Crippen LogP contribution in [0.3, 0.4) is 0 Å². The minimum absolute atomic E-state index is 0.0485. The number of amidine groups is 1.